The number of carbonyl (C=O) groups excluding carboxylic acids is 1. The Kier molecular flexibility index (Phi) is 3.85. The Morgan fingerprint density at radius 2 is 2.15 bits per heavy atom. The van der Waals surface area contributed by atoms with Gasteiger partial charge in [0.25, 0.3) is 5.91 Å². The van der Waals surface area contributed by atoms with Crippen LogP contribution in [0.3, 0.4) is 0 Å². The third-order valence-corrected chi connectivity index (χ3v) is 2.73. The first-order valence-corrected chi connectivity index (χ1v) is 6.08. The van der Waals surface area contributed by atoms with E-state index in [4.69, 9.17) is 9.63 Å². The molecule has 6 heteroatoms. The highest BCUT2D eigenvalue weighted by molar-refractivity contribution is 5.92. The van der Waals surface area contributed by atoms with Gasteiger partial charge in [0.1, 0.15) is 11.5 Å². The quantitative estimate of drug-likeness (QED) is 0.896. The van der Waals surface area contributed by atoms with Gasteiger partial charge in [-0.2, -0.15) is 0 Å². The van der Waals surface area contributed by atoms with Gasteiger partial charge in [0.2, 0.25) is 5.76 Å². The van der Waals surface area contributed by atoms with Gasteiger partial charge in [-0.1, -0.05) is 17.3 Å². The first-order valence-electron chi connectivity index (χ1n) is 6.08. The minimum atomic E-state index is -0.776. The molecule has 0 aliphatic rings. The third-order valence-electron chi connectivity index (χ3n) is 2.73. The van der Waals surface area contributed by atoms with Crippen LogP contribution in [0.2, 0.25) is 0 Å². The molecule has 1 amide bonds. The predicted octanol–water partition coefficient (Wildman–Crippen LogP) is 1.98. The number of aromatic nitrogens is 1. The van der Waals surface area contributed by atoms with Crippen LogP contribution in [0, 0.1) is 5.82 Å². The summed E-state index contributed by atoms with van der Waals surface area (Å²) in [5.41, 5.74) is -0.269. The number of aliphatic hydroxyl groups excluding tert-OH is 1. The average molecular weight is 278 g/mol. The maximum atomic E-state index is 13.6. The topological polar surface area (TPSA) is 75.4 Å². The number of carbonyl (C=O) groups is 1. The molecular formula is C14H15FN2O3. The lowest BCUT2D eigenvalue weighted by molar-refractivity contribution is 0.0832. The second-order valence-electron chi connectivity index (χ2n) is 5.05. The molecule has 0 bridgehead atoms. The Labute approximate surface area is 115 Å². The average Bonchev–Trinajstić information content (AvgIpc) is 2.88. The van der Waals surface area contributed by atoms with Crippen molar-refractivity contribution < 1.29 is 18.8 Å². The fourth-order valence-corrected chi connectivity index (χ4v) is 1.59. The number of amides is 1. The highest BCUT2D eigenvalue weighted by atomic mass is 19.1. The summed E-state index contributed by atoms with van der Waals surface area (Å²) in [5.74, 6) is -0.993. The molecule has 2 N–H and O–H groups in total. The Balaban J connectivity index is 2.22. The zero-order valence-electron chi connectivity index (χ0n) is 11.2. The van der Waals surface area contributed by atoms with Crippen LogP contribution in [0.15, 0.2) is 34.9 Å². The molecule has 2 rings (SSSR count). The van der Waals surface area contributed by atoms with Crippen molar-refractivity contribution in [2.24, 2.45) is 0 Å². The number of benzene rings is 1. The van der Waals surface area contributed by atoms with E-state index in [-0.39, 0.29) is 23.6 Å². The predicted molar refractivity (Wildman–Crippen MR) is 70.5 cm³/mol. The fraction of sp³-hybridized carbons (Fsp3) is 0.286. The van der Waals surface area contributed by atoms with Gasteiger partial charge >= 0.3 is 0 Å². The van der Waals surface area contributed by atoms with Crippen LogP contribution in [-0.4, -0.2) is 28.3 Å². The second kappa shape index (κ2) is 5.42. The van der Waals surface area contributed by atoms with Crippen LogP contribution in [0.5, 0.6) is 0 Å². The Hall–Kier alpha value is -2.21. The normalized spacial score (nSPS) is 11.4. The van der Waals surface area contributed by atoms with E-state index >= 15 is 0 Å². The third kappa shape index (κ3) is 3.03. The van der Waals surface area contributed by atoms with Crippen molar-refractivity contribution in [2.75, 3.05) is 6.61 Å². The molecular weight excluding hydrogens is 263 g/mol. The summed E-state index contributed by atoms with van der Waals surface area (Å²) in [6, 6.07) is 7.45. The van der Waals surface area contributed by atoms with Gasteiger partial charge < -0.3 is 14.9 Å². The summed E-state index contributed by atoms with van der Waals surface area (Å²) >= 11 is 0. The maximum Gasteiger partial charge on any atom is 0.290 e. The van der Waals surface area contributed by atoms with Gasteiger partial charge in [-0.15, -0.1) is 0 Å². The first kappa shape index (κ1) is 14.2. The van der Waals surface area contributed by atoms with E-state index in [9.17, 15) is 9.18 Å². The SMILES string of the molecule is CC(C)(CO)NC(=O)c1cc(-c2ccccc2F)no1. The Morgan fingerprint density at radius 1 is 1.45 bits per heavy atom. The highest BCUT2D eigenvalue weighted by Crippen LogP contribution is 2.22. The molecule has 0 fully saturated rings. The first-order chi connectivity index (χ1) is 9.43. The van der Waals surface area contributed by atoms with E-state index in [0.29, 0.717) is 0 Å². The molecule has 0 aliphatic carbocycles. The molecule has 5 nitrogen and oxygen atoms in total. The summed E-state index contributed by atoms with van der Waals surface area (Å²) < 4.78 is 18.5. The number of nitrogens with one attached hydrogen (secondary N) is 1. The number of halogens is 1. The highest BCUT2D eigenvalue weighted by Gasteiger charge is 2.23. The van der Waals surface area contributed by atoms with Gasteiger partial charge in [0.15, 0.2) is 0 Å². The monoisotopic (exact) mass is 278 g/mol. The van der Waals surface area contributed by atoms with Gasteiger partial charge in [-0.05, 0) is 26.0 Å². The van der Waals surface area contributed by atoms with E-state index < -0.39 is 17.3 Å². The molecule has 0 saturated heterocycles. The van der Waals surface area contributed by atoms with E-state index in [1.54, 1.807) is 32.0 Å². The van der Waals surface area contributed by atoms with E-state index in [2.05, 4.69) is 10.5 Å². The van der Waals surface area contributed by atoms with Crippen molar-refractivity contribution in [2.45, 2.75) is 19.4 Å². The van der Waals surface area contributed by atoms with Crippen molar-refractivity contribution in [3.63, 3.8) is 0 Å². The minimum Gasteiger partial charge on any atom is -0.394 e. The molecule has 0 aliphatic heterocycles. The lowest BCUT2D eigenvalue weighted by Crippen LogP contribution is -2.46. The summed E-state index contributed by atoms with van der Waals surface area (Å²) in [6.07, 6.45) is 0. The van der Waals surface area contributed by atoms with Crippen LogP contribution in [0.25, 0.3) is 11.3 Å². The van der Waals surface area contributed by atoms with Gasteiger partial charge in [0, 0.05) is 11.6 Å². The number of aliphatic hydroxyl groups is 1. The van der Waals surface area contributed by atoms with Crippen molar-refractivity contribution in [3.8, 4) is 11.3 Å². The van der Waals surface area contributed by atoms with Crippen LogP contribution in [0.1, 0.15) is 24.4 Å². The lowest BCUT2D eigenvalue weighted by atomic mass is 10.1. The molecule has 2 aromatic rings. The Morgan fingerprint density at radius 3 is 2.80 bits per heavy atom. The summed E-state index contributed by atoms with van der Waals surface area (Å²) in [7, 11) is 0. The molecule has 1 aromatic heterocycles. The molecule has 20 heavy (non-hydrogen) atoms. The van der Waals surface area contributed by atoms with Crippen molar-refractivity contribution in [3.05, 3.63) is 41.9 Å². The van der Waals surface area contributed by atoms with Crippen LogP contribution >= 0.6 is 0 Å². The van der Waals surface area contributed by atoms with Crippen molar-refractivity contribution in [1.82, 2.24) is 10.5 Å². The van der Waals surface area contributed by atoms with Gasteiger partial charge in [0.05, 0.1) is 12.1 Å². The van der Waals surface area contributed by atoms with Crippen LogP contribution in [-0.2, 0) is 0 Å². The molecule has 0 saturated carbocycles. The van der Waals surface area contributed by atoms with Gasteiger partial charge in [-0.25, -0.2) is 4.39 Å². The van der Waals surface area contributed by atoms with Gasteiger partial charge in [-0.3, -0.25) is 4.79 Å². The van der Waals surface area contributed by atoms with Crippen molar-refractivity contribution >= 4 is 5.91 Å². The largest absolute Gasteiger partial charge is 0.394 e. The zero-order valence-corrected chi connectivity index (χ0v) is 11.2. The van der Waals surface area contributed by atoms with Crippen molar-refractivity contribution in [1.29, 1.82) is 0 Å². The number of hydrogen-bond donors (Lipinski definition) is 2. The molecule has 1 heterocycles. The smallest absolute Gasteiger partial charge is 0.290 e. The van der Waals surface area contributed by atoms with E-state index in [1.165, 1.54) is 12.1 Å². The molecule has 0 spiro atoms. The molecule has 106 valence electrons. The standard InChI is InChI=1S/C14H15FN2O3/c1-14(2,8-18)16-13(19)12-7-11(17-20-12)9-5-3-4-6-10(9)15/h3-7,18H,8H2,1-2H3,(H,16,19). The number of nitrogens with zero attached hydrogens (tertiary/aromatic N) is 1. The summed E-state index contributed by atoms with van der Waals surface area (Å²) in [4.78, 5) is 11.9. The number of rotatable bonds is 4. The molecule has 0 unspecified atom stereocenters. The summed E-state index contributed by atoms with van der Waals surface area (Å²) in [6.45, 7) is 3.12. The zero-order chi connectivity index (χ0) is 14.8. The van der Waals surface area contributed by atoms with E-state index in [0.717, 1.165) is 0 Å². The second-order valence-corrected chi connectivity index (χ2v) is 5.05. The number of hydrogen-bond acceptors (Lipinski definition) is 4. The molecule has 0 atom stereocenters. The maximum absolute atomic E-state index is 13.6. The summed E-state index contributed by atoms with van der Waals surface area (Å²) in [5, 5.41) is 15.4. The molecule has 0 radical (unpaired) electrons. The van der Waals surface area contributed by atoms with E-state index in [1.807, 2.05) is 0 Å². The van der Waals surface area contributed by atoms with Crippen LogP contribution < -0.4 is 5.32 Å². The molecule has 1 aromatic carbocycles. The fourth-order valence-electron chi connectivity index (χ4n) is 1.59. The van der Waals surface area contributed by atoms with Crippen LogP contribution in [0.4, 0.5) is 4.39 Å². The lowest BCUT2D eigenvalue weighted by Gasteiger charge is -2.22. The minimum absolute atomic E-state index is 0.0372. The Bertz CT molecular complexity index is 622.